The first-order valence-electron chi connectivity index (χ1n) is 1.99. The maximum atomic E-state index is 9.60. The monoisotopic (exact) mass is 247 g/mol. The van der Waals surface area contributed by atoms with Gasteiger partial charge < -0.3 is 5.11 Å². The Kier molecular flexibility index (Phi) is 10.3. The van der Waals surface area contributed by atoms with Crippen LogP contribution in [0.1, 0.15) is 19.8 Å². The summed E-state index contributed by atoms with van der Waals surface area (Å²) in [7, 11) is 0. The molecule has 0 fully saturated rings. The minimum Gasteiger partial charge on any atom is -0.481 e. The van der Waals surface area contributed by atoms with Gasteiger partial charge in [-0.05, 0) is 6.42 Å². The molecule has 0 aromatic rings. The molecule has 0 saturated heterocycles. The van der Waals surface area contributed by atoms with Gasteiger partial charge in [0.15, 0.2) is 0 Å². The van der Waals surface area contributed by atoms with E-state index in [-0.39, 0.29) is 38.6 Å². The molecule has 1 radical (unpaired) electrons. The van der Waals surface area contributed by atoms with Gasteiger partial charge in [0.1, 0.15) is 0 Å². The van der Waals surface area contributed by atoms with E-state index in [4.69, 9.17) is 5.11 Å². The number of aliphatic carboxylic acids is 1. The second kappa shape index (κ2) is 6.76. The first kappa shape index (κ1) is 10.7. The van der Waals surface area contributed by atoms with Crippen molar-refractivity contribution in [1.29, 1.82) is 0 Å². The molecule has 0 aliphatic rings. The van der Waals surface area contributed by atoms with E-state index in [1.807, 2.05) is 6.92 Å². The molecular formula is C4H8O2Tb. The molecule has 0 heterocycles. The van der Waals surface area contributed by atoms with Crippen LogP contribution < -0.4 is 0 Å². The quantitative estimate of drug-likeness (QED) is 0.786. The van der Waals surface area contributed by atoms with Crippen molar-refractivity contribution >= 4 is 5.97 Å². The van der Waals surface area contributed by atoms with Crippen LogP contribution in [0.4, 0.5) is 0 Å². The van der Waals surface area contributed by atoms with E-state index < -0.39 is 5.97 Å². The molecule has 7 heavy (non-hydrogen) atoms. The average molecular weight is 247 g/mol. The zero-order chi connectivity index (χ0) is 4.99. The van der Waals surface area contributed by atoms with Crippen LogP contribution in [-0.2, 0) is 4.79 Å². The van der Waals surface area contributed by atoms with Crippen LogP contribution in [0.25, 0.3) is 0 Å². The minimum atomic E-state index is -0.711. The number of hydrogen-bond acceptors (Lipinski definition) is 1. The maximum Gasteiger partial charge on any atom is 0.303 e. The van der Waals surface area contributed by atoms with E-state index in [2.05, 4.69) is 0 Å². The first-order valence-corrected chi connectivity index (χ1v) is 1.99. The topological polar surface area (TPSA) is 37.3 Å². The average Bonchev–Trinajstić information content (AvgIpc) is 1.35. The molecule has 45 valence electrons. The summed E-state index contributed by atoms with van der Waals surface area (Å²) in [4.78, 5) is 9.60. The van der Waals surface area contributed by atoms with Gasteiger partial charge in [-0.25, -0.2) is 0 Å². The number of carboxylic acid groups (broad SMARTS) is 1. The second-order valence-corrected chi connectivity index (χ2v) is 1.14. The number of rotatable bonds is 2. The van der Waals surface area contributed by atoms with Crippen molar-refractivity contribution < 1.29 is 48.5 Å². The fourth-order valence-electron chi connectivity index (χ4n) is 0.214. The van der Waals surface area contributed by atoms with Gasteiger partial charge in [0, 0.05) is 45.0 Å². The van der Waals surface area contributed by atoms with Crippen LogP contribution in [0.15, 0.2) is 0 Å². The third-order valence-electron chi connectivity index (χ3n) is 0.464. The fourth-order valence-corrected chi connectivity index (χ4v) is 0.214. The van der Waals surface area contributed by atoms with Gasteiger partial charge in [0.25, 0.3) is 0 Å². The van der Waals surface area contributed by atoms with Crippen LogP contribution in [0, 0.1) is 38.6 Å². The van der Waals surface area contributed by atoms with Crippen LogP contribution in [0.3, 0.4) is 0 Å². The molecule has 0 aliphatic heterocycles. The van der Waals surface area contributed by atoms with Crippen molar-refractivity contribution in [1.82, 2.24) is 0 Å². The van der Waals surface area contributed by atoms with Crippen molar-refractivity contribution in [2.45, 2.75) is 19.8 Å². The predicted molar refractivity (Wildman–Crippen MR) is 22.5 cm³/mol. The number of hydrogen-bond donors (Lipinski definition) is 1. The Balaban J connectivity index is 0. The Labute approximate surface area is 73.7 Å². The molecule has 0 amide bonds. The molecule has 0 rings (SSSR count). The van der Waals surface area contributed by atoms with Crippen molar-refractivity contribution in [3.8, 4) is 0 Å². The van der Waals surface area contributed by atoms with Crippen LogP contribution in [0.5, 0.6) is 0 Å². The van der Waals surface area contributed by atoms with E-state index in [9.17, 15) is 4.79 Å². The van der Waals surface area contributed by atoms with E-state index in [0.29, 0.717) is 6.42 Å². The zero-order valence-electron chi connectivity index (χ0n) is 4.10. The Morgan fingerprint density at radius 3 is 2.14 bits per heavy atom. The summed E-state index contributed by atoms with van der Waals surface area (Å²) in [6.07, 6.45) is 1.02. The van der Waals surface area contributed by atoms with E-state index in [0.717, 1.165) is 6.42 Å². The smallest absolute Gasteiger partial charge is 0.303 e. The molecule has 0 aromatic heterocycles. The standard InChI is InChI=1S/C4H8O2.Tb/c1-2-3-4(5)6;/h2-3H2,1H3,(H,5,6);. The normalized spacial score (nSPS) is 7.00. The SMILES string of the molecule is CCCC(=O)O.[Tb]. The fraction of sp³-hybridized carbons (Fsp3) is 0.750. The summed E-state index contributed by atoms with van der Waals surface area (Å²) in [5, 5.41) is 7.91. The van der Waals surface area contributed by atoms with Gasteiger partial charge in [0.2, 0.25) is 0 Å². The largest absolute Gasteiger partial charge is 0.481 e. The van der Waals surface area contributed by atoms with Gasteiger partial charge in [-0.1, -0.05) is 6.92 Å². The Morgan fingerprint density at radius 2 is 2.14 bits per heavy atom. The number of carbonyl (C=O) groups is 1. The van der Waals surface area contributed by atoms with Crippen molar-refractivity contribution in [3.05, 3.63) is 0 Å². The van der Waals surface area contributed by atoms with E-state index in [1.165, 1.54) is 0 Å². The van der Waals surface area contributed by atoms with Crippen LogP contribution in [0.2, 0.25) is 0 Å². The zero-order valence-corrected chi connectivity index (χ0v) is 6.24. The summed E-state index contributed by atoms with van der Waals surface area (Å²) in [5.41, 5.74) is 0. The third-order valence-corrected chi connectivity index (χ3v) is 0.464. The molecule has 0 unspecified atom stereocenters. The summed E-state index contributed by atoms with van der Waals surface area (Å²) in [5.74, 6) is -0.711. The maximum absolute atomic E-state index is 9.60. The molecule has 0 atom stereocenters. The van der Waals surface area contributed by atoms with Crippen molar-refractivity contribution in [2.75, 3.05) is 0 Å². The molecule has 0 spiro atoms. The predicted octanol–water partition coefficient (Wildman–Crippen LogP) is 0.871. The Bertz CT molecular complexity index is 53.7. The Hall–Kier alpha value is 0.756. The summed E-state index contributed by atoms with van der Waals surface area (Å²) >= 11 is 0. The second-order valence-electron chi connectivity index (χ2n) is 1.14. The summed E-state index contributed by atoms with van der Waals surface area (Å²) < 4.78 is 0. The van der Waals surface area contributed by atoms with Gasteiger partial charge in [0.05, 0.1) is 0 Å². The molecule has 0 bridgehead atoms. The molecular weight excluding hydrogens is 239 g/mol. The van der Waals surface area contributed by atoms with Crippen LogP contribution >= 0.6 is 0 Å². The van der Waals surface area contributed by atoms with E-state index >= 15 is 0 Å². The number of carboxylic acids is 1. The van der Waals surface area contributed by atoms with E-state index in [1.54, 1.807) is 0 Å². The van der Waals surface area contributed by atoms with Gasteiger partial charge in [-0.3, -0.25) is 4.79 Å². The molecule has 2 nitrogen and oxygen atoms in total. The molecule has 3 heteroatoms. The first-order chi connectivity index (χ1) is 2.77. The minimum absolute atomic E-state index is 0. The summed E-state index contributed by atoms with van der Waals surface area (Å²) in [6.45, 7) is 1.84. The van der Waals surface area contributed by atoms with Crippen molar-refractivity contribution in [3.63, 3.8) is 0 Å². The third kappa shape index (κ3) is 10.8. The summed E-state index contributed by atoms with van der Waals surface area (Å²) in [6, 6.07) is 0. The molecule has 0 saturated carbocycles. The Morgan fingerprint density at radius 1 is 1.71 bits per heavy atom. The van der Waals surface area contributed by atoms with Gasteiger partial charge in [-0.2, -0.15) is 0 Å². The molecule has 0 aliphatic carbocycles. The van der Waals surface area contributed by atoms with Crippen molar-refractivity contribution in [2.24, 2.45) is 0 Å². The molecule has 0 aromatic carbocycles. The molecule has 1 N–H and O–H groups in total. The van der Waals surface area contributed by atoms with Gasteiger partial charge >= 0.3 is 5.97 Å². The van der Waals surface area contributed by atoms with Crippen LogP contribution in [-0.4, -0.2) is 11.1 Å². The van der Waals surface area contributed by atoms with Gasteiger partial charge in [-0.15, -0.1) is 0 Å².